The van der Waals surface area contributed by atoms with E-state index in [9.17, 15) is 0 Å². The molecule has 2 N–H and O–H groups in total. The second-order valence-corrected chi connectivity index (χ2v) is 5.88. The molecule has 1 aromatic carbocycles. The largest absolute Gasteiger partial charge is 0.356 e. The number of thiophene rings is 1. The molecular formula is C17H24IN3S. The first kappa shape index (κ1) is 19.0. The van der Waals surface area contributed by atoms with Crippen molar-refractivity contribution < 1.29 is 0 Å². The van der Waals surface area contributed by atoms with Crippen LogP contribution in [0.4, 0.5) is 0 Å². The summed E-state index contributed by atoms with van der Waals surface area (Å²) in [6.45, 7) is 3.89. The van der Waals surface area contributed by atoms with Gasteiger partial charge in [-0.1, -0.05) is 37.3 Å². The Morgan fingerprint density at radius 2 is 1.82 bits per heavy atom. The van der Waals surface area contributed by atoms with E-state index in [1.54, 1.807) is 18.4 Å². The van der Waals surface area contributed by atoms with E-state index in [-0.39, 0.29) is 24.0 Å². The third kappa shape index (κ3) is 6.36. The summed E-state index contributed by atoms with van der Waals surface area (Å²) in [5.74, 6) is 0.855. The van der Waals surface area contributed by atoms with Gasteiger partial charge in [0.05, 0.1) is 6.54 Å². The summed E-state index contributed by atoms with van der Waals surface area (Å²) in [5, 5.41) is 8.77. The number of hydrogen-bond donors (Lipinski definition) is 2. The number of benzene rings is 1. The lowest BCUT2D eigenvalue weighted by atomic mass is 10.1. The summed E-state index contributed by atoms with van der Waals surface area (Å²) in [6.07, 6.45) is 2.10. The van der Waals surface area contributed by atoms with E-state index in [1.165, 1.54) is 16.0 Å². The number of hydrogen-bond acceptors (Lipinski definition) is 2. The van der Waals surface area contributed by atoms with Crippen LogP contribution in [-0.2, 0) is 19.4 Å². The average Bonchev–Trinajstić information content (AvgIpc) is 3.04. The molecule has 2 rings (SSSR count). The normalized spacial score (nSPS) is 10.9. The first-order chi connectivity index (χ1) is 10.3. The highest BCUT2D eigenvalue weighted by Crippen LogP contribution is 2.07. The van der Waals surface area contributed by atoms with Gasteiger partial charge in [-0.05, 0) is 35.4 Å². The van der Waals surface area contributed by atoms with E-state index in [4.69, 9.17) is 0 Å². The Kier molecular flexibility index (Phi) is 9.15. The molecule has 5 heteroatoms. The zero-order chi connectivity index (χ0) is 14.9. The van der Waals surface area contributed by atoms with Crippen molar-refractivity contribution >= 4 is 41.3 Å². The van der Waals surface area contributed by atoms with Crippen molar-refractivity contribution in [2.24, 2.45) is 4.99 Å². The second kappa shape index (κ2) is 10.6. The third-order valence-corrected chi connectivity index (χ3v) is 4.25. The van der Waals surface area contributed by atoms with Gasteiger partial charge in [-0.25, -0.2) is 0 Å². The Morgan fingerprint density at radius 1 is 1.09 bits per heavy atom. The Hall–Kier alpha value is -1.08. The molecule has 0 aliphatic carbocycles. The molecule has 1 heterocycles. The summed E-state index contributed by atoms with van der Waals surface area (Å²) < 4.78 is 0. The fourth-order valence-corrected chi connectivity index (χ4v) is 2.72. The first-order valence-electron chi connectivity index (χ1n) is 7.36. The monoisotopic (exact) mass is 429 g/mol. The molecule has 0 fully saturated rings. The Balaban J connectivity index is 0.00000242. The SMILES string of the molecule is CCc1ccc(CCNC(=NC)NCc2cccs2)cc1.I. The van der Waals surface area contributed by atoms with Crippen LogP contribution in [0.2, 0.25) is 0 Å². The first-order valence-corrected chi connectivity index (χ1v) is 8.24. The second-order valence-electron chi connectivity index (χ2n) is 4.85. The van der Waals surface area contributed by atoms with Crippen molar-refractivity contribution in [1.29, 1.82) is 0 Å². The van der Waals surface area contributed by atoms with E-state index in [2.05, 4.69) is 64.3 Å². The molecule has 1 aromatic heterocycles. The number of nitrogens with zero attached hydrogens (tertiary/aromatic N) is 1. The van der Waals surface area contributed by atoms with Gasteiger partial charge >= 0.3 is 0 Å². The Morgan fingerprint density at radius 3 is 2.41 bits per heavy atom. The van der Waals surface area contributed by atoms with E-state index in [1.807, 2.05) is 0 Å². The van der Waals surface area contributed by atoms with Crippen molar-refractivity contribution in [3.63, 3.8) is 0 Å². The maximum atomic E-state index is 4.25. The van der Waals surface area contributed by atoms with E-state index < -0.39 is 0 Å². The molecule has 0 saturated heterocycles. The van der Waals surface area contributed by atoms with E-state index in [0.29, 0.717) is 0 Å². The standard InChI is InChI=1S/C17H23N3S.HI/c1-3-14-6-8-15(9-7-14)10-11-19-17(18-2)20-13-16-5-4-12-21-16;/h4-9,12H,3,10-11,13H2,1-2H3,(H2,18,19,20);1H. The summed E-state index contributed by atoms with van der Waals surface area (Å²) in [7, 11) is 1.81. The number of guanidine groups is 1. The summed E-state index contributed by atoms with van der Waals surface area (Å²) in [4.78, 5) is 5.56. The summed E-state index contributed by atoms with van der Waals surface area (Å²) >= 11 is 1.75. The number of nitrogens with one attached hydrogen (secondary N) is 2. The molecule has 0 unspecified atom stereocenters. The van der Waals surface area contributed by atoms with Crippen LogP contribution in [0.3, 0.4) is 0 Å². The lowest BCUT2D eigenvalue weighted by Crippen LogP contribution is -2.37. The van der Waals surface area contributed by atoms with Gasteiger partial charge in [0.1, 0.15) is 0 Å². The zero-order valence-electron chi connectivity index (χ0n) is 13.1. The van der Waals surface area contributed by atoms with Crippen LogP contribution in [0.15, 0.2) is 46.8 Å². The van der Waals surface area contributed by atoms with Crippen molar-refractivity contribution in [3.8, 4) is 0 Å². The summed E-state index contributed by atoms with van der Waals surface area (Å²) in [6, 6.07) is 13.0. The molecule has 0 saturated carbocycles. The van der Waals surface area contributed by atoms with Crippen LogP contribution < -0.4 is 10.6 Å². The highest BCUT2D eigenvalue weighted by atomic mass is 127. The molecule has 0 radical (unpaired) electrons. The van der Waals surface area contributed by atoms with Crippen molar-refractivity contribution in [2.75, 3.05) is 13.6 Å². The fourth-order valence-electron chi connectivity index (χ4n) is 2.07. The molecule has 2 aromatic rings. The van der Waals surface area contributed by atoms with Gasteiger partial charge in [0.2, 0.25) is 0 Å². The highest BCUT2D eigenvalue weighted by molar-refractivity contribution is 14.0. The van der Waals surface area contributed by atoms with Gasteiger partial charge in [0, 0.05) is 18.5 Å². The van der Waals surface area contributed by atoms with Gasteiger partial charge in [-0.2, -0.15) is 0 Å². The maximum Gasteiger partial charge on any atom is 0.191 e. The lowest BCUT2D eigenvalue weighted by molar-refractivity contribution is 0.799. The molecule has 120 valence electrons. The quantitative estimate of drug-likeness (QED) is 0.416. The van der Waals surface area contributed by atoms with Crippen LogP contribution in [0.1, 0.15) is 22.9 Å². The number of aryl methyl sites for hydroxylation is 1. The molecule has 0 spiro atoms. The van der Waals surface area contributed by atoms with Gasteiger partial charge in [0.15, 0.2) is 5.96 Å². The van der Waals surface area contributed by atoms with E-state index >= 15 is 0 Å². The smallest absolute Gasteiger partial charge is 0.191 e. The van der Waals surface area contributed by atoms with Gasteiger partial charge in [-0.15, -0.1) is 35.3 Å². The highest BCUT2D eigenvalue weighted by Gasteiger charge is 1.99. The Bertz CT molecular complexity index is 550. The van der Waals surface area contributed by atoms with E-state index in [0.717, 1.165) is 31.9 Å². The van der Waals surface area contributed by atoms with Gasteiger partial charge < -0.3 is 10.6 Å². The minimum Gasteiger partial charge on any atom is -0.356 e. The predicted octanol–water partition coefficient (Wildman–Crippen LogP) is 3.84. The topological polar surface area (TPSA) is 36.4 Å². The Labute approximate surface area is 154 Å². The minimum absolute atomic E-state index is 0. The molecule has 22 heavy (non-hydrogen) atoms. The fraction of sp³-hybridized carbons (Fsp3) is 0.353. The van der Waals surface area contributed by atoms with Crippen molar-refractivity contribution in [3.05, 3.63) is 57.8 Å². The third-order valence-electron chi connectivity index (χ3n) is 3.37. The molecular weight excluding hydrogens is 405 g/mol. The van der Waals surface area contributed by atoms with Crippen molar-refractivity contribution in [2.45, 2.75) is 26.3 Å². The van der Waals surface area contributed by atoms with Crippen molar-refractivity contribution in [1.82, 2.24) is 10.6 Å². The number of halogens is 1. The zero-order valence-corrected chi connectivity index (χ0v) is 16.3. The lowest BCUT2D eigenvalue weighted by Gasteiger charge is -2.11. The van der Waals surface area contributed by atoms with Gasteiger partial charge in [-0.3, -0.25) is 4.99 Å². The van der Waals surface area contributed by atoms with Gasteiger partial charge in [0.25, 0.3) is 0 Å². The van der Waals surface area contributed by atoms with Crippen LogP contribution in [0, 0.1) is 0 Å². The predicted molar refractivity (Wildman–Crippen MR) is 107 cm³/mol. The minimum atomic E-state index is 0. The molecule has 0 amide bonds. The molecule has 0 aliphatic rings. The average molecular weight is 429 g/mol. The van der Waals surface area contributed by atoms with Crippen LogP contribution >= 0.6 is 35.3 Å². The number of aliphatic imine (C=N–C) groups is 1. The molecule has 3 nitrogen and oxygen atoms in total. The molecule has 0 atom stereocenters. The van der Waals surface area contributed by atoms with Crippen LogP contribution in [0.25, 0.3) is 0 Å². The van der Waals surface area contributed by atoms with Crippen LogP contribution in [0.5, 0.6) is 0 Å². The molecule has 0 aliphatic heterocycles. The number of rotatable bonds is 6. The maximum absolute atomic E-state index is 4.25. The molecule has 0 bridgehead atoms. The van der Waals surface area contributed by atoms with Crippen LogP contribution in [-0.4, -0.2) is 19.6 Å². The summed E-state index contributed by atoms with van der Waals surface area (Å²) in [5.41, 5.74) is 2.74.